The normalized spacial score (nSPS) is 33.0. The van der Waals surface area contributed by atoms with Crippen LogP contribution in [0.2, 0.25) is 0 Å². The Morgan fingerprint density at radius 1 is 1.38 bits per heavy atom. The molecule has 2 aliphatic carbocycles. The largest absolute Gasteiger partial charge is 0.377 e. The minimum Gasteiger partial charge on any atom is -0.377 e. The van der Waals surface area contributed by atoms with E-state index in [2.05, 4.69) is 41.4 Å². The van der Waals surface area contributed by atoms with Gasteiger partial charge in [0, 0.05) is 42.8 Å². The molecule has 3 fully saturated rings. The van der Waals surface area contributed by atoms with E-state index in [1.807, 2.05) is 0 Å². The van der Waals surface area contributed by atoms with E-state index in [9.17, 15) is 0 Å². The Hall–Kier alpha value is -1.55. The van der Waals surface area contributed by atoms with Gasteiger partial charge in [-0.1, -0.05) is 24.6 Å². The number of hydrogen-bond donors (Lipinski definition) is 1. The van der Waals surface area contributed by atoms with Gasteiger partial charge in [0.05, 0.1) is 6.10 Å². The van der Waals surface area contributed by atoms with Gasteiger partial charge in [-0.2, -0.15) is 0 Å². The third-order valence-corrected chi connectivity index (χ3v) is 6.77. The molecule has 5 rings (SSSR count). The van der Waals surface area contributed by atoms with E-state index in [0.717, 1.165) is 32.1 Å². The van der Waals surface area contributed by atoms with E-state index < -0.39 is 0 Å². The molecule has 0 radical (unpaired) electrons. The van der Waals surface area contributed by atoms with Gasteiger partial charge in [0.2, 0.25) is 0 Å². The lowest BCUT2D eigenvalue weighted by Gasteiger charge is -2.63. The minimum atomic E-state index is 0.398. The van der Waals surface area contributed by atoms with E-state index in [4.69, 9.17) is 9.73 Å². The van der Waals surface area contributed by atoms with Crippen LogP contribution in [0.5, 0.6) is 0 Å². The van der Waals surface area contributed by atoms with Gasteiger partial charge in [-0.15, -0.1) is 0 Å². The Bertz CT molecular complexity index is 667. The summed E-state index contributed by atoms with van der Waals surface area (Å²) in [5.74, 6) is 1.77. The fraction of sp³-hybridized carbons (Fsp3) is 0.650. The van der Waals surface area contributed by atoms with Crippen LogP contribution in [0.1, 0.15) is 38.2 Å². The number of ether oxygens (including phenoxy) is 1. The molecule has 24 heavy (non-hydrogen) atoms. The Morgan fingerprint density at radius 3 is 3.04 bits per heavy atom. The van der Waals surface area contributed by atoms with Crippen LogP contribution < -0.4 is 10.2 Å². The molecule has 0 bridgehead atoms. The van der Waals surface area contributed by atoms with Crippen molar-refractivity contribution in [3.05, 3.63) is 29.8 Å². The van der Waals surface area contributed by atoms with Crippen LogP contribution in [-0.2, 0) is 11.2 Å². The van der Waals surface area contributed by atoms with E-state index in [1.54, 1.807) is 0 Å². The molecular weight excluding hydrogens is 298 g/mol. The summed E-state index contributed by atoms with van der Waals surface area (Å²) in [6.45, 7) is 4.94. The van der Waals surface area contributed by atoms with Crippen molar-refractivity contribution in [1.82, 2.24) is 5.32 Å². The van der Waals surface area contributed by atoms with Crippen molar-refractivity contribution >= 4 is 11.6 Å². The fourth-order valence-electron chi connectivity index (χ4n) is 5.51. The van der Waals surface area contributed by atoms with Gasteiger partial charge >= 0.3 is 0 Å². The second kappa shape index (κ2) is 5.48. The number of guanidine groups is 1. The number of para-hydroxylation sites is 1. The lowest BCUT2D eigenvalue weighted by atomic mass is 9.46. The summed E-state index contributed by atoms with van der Waals surface area (Å²) < 4.78 is 6.07. The van der Waals surface area contributed by atoms with E-state index >= 15 is 0 Å². The van der Waals surface area contributed by atoms with Gasteiger partial charge in [0.15, 0.2) is 5.96 Å². The second-order valence-corrected chi connectivity index (χ2v) is 7.78. The van der Waals surface area contributed by atoms with Crippen molar-refractivity contribution in [1.29, 1.82) is 0 Å². The number of aliphatic imine (C=N–C) groups is 1. The number of benzene rings is 1. The second-order valence-electron chi connectivity index (χ2n) is 7.78. The molecule has 2 aliphatic heterocycles. The Balaban J connectivity index is 1.41. The Labute approximate surface area is 144 Å². The van der Waals surface area contributed by atoms with E-state index in [1.165, 1.54) is 36.9 Å². The summed E-state index contributed by atoms with van der Waals surface area (Å²) in [5.41, 5.74) is 3.17. The van der Waals surface area contributed by atoms with Gasteiger partial charge in [0.25, 0.3) is 0 Å². The first-order valence-electron chi connectivity index (χ1n) is 9.61. The molecule has 4 heteroatoms. The first-order valence-corrected chi connectivity index (χ1v) is 9.61. The number of hydrogen-bond acceptors (Lipinski definition) is 2. The molecule has 4 nitrogen and oxygen atoms in total. The molecule has 2 heterocycles. The number of rotatable bonds is 2. The lowest BCUT2D eigenvalue weighted by Crippen LogP contribution is -2.72. The van der Waals surface area contributed by atoms with Crippen molar-refractivity contribution < 1.29 is 4.74 Å². The van der Waals surface area contributed by atoms with Gasteiger partial charge < -0.3 is 15.0 Å². The highest BCUT2D eigenvalue weighted by atomic mass is 16.5. The van der Waals surface area contributed by atoms with Crippen LogP contribution in [-0.4, -0.2) is 37.8 Å². The molecule has 0 amide bonds. The van der Waals surface area contributed by atoms with Crippen LogP contribution in [0.25, 0.3) is 0 Å². The quantitative estimate of drug-likeness (QED) is 0.671. The summed E-state index contributed by atoms with van der Waals surface area (Å²) in [4.78, 5) is 7.25. The molecule has 1 N–H and O–H groups in total. The van der Waals surface area contributed by atoms with Gasteiger partial charge in [0.1, 0.15) is 0 Å². The lowest BCUT2D eigenvalue weighted by molar-refractivity contribution is -0.171. The predicted molar refractivity (Wildman–Crippen MR) is 96.5 cm³/mol. The summed E-state index contributed by atoms with van der Waals surface area (Å²) in [6, 6.07) is 9.31. The van der Waals surface area contributed by atoms with Crippen LogP contribution in [0.15, 0.2) is 29.3 Å². The van der Waals surface area contributed by atoms with Crippen molar-refractivity contribution in [2.24, 2.45) is 16.3 Å². The summed E-state index contributed by atoms with van der Waals surface area (Å²) >= 11 is 0. The van der Waals surface area contributed by atoms with Crippen molar-refractivity contribution in [2.45, 2.75) is 51.2 Å². The first kappa shape index (κ1) is 14.8. The van der Waals surface area contributed by atoms with Crippen LogP contribution in [0.4, 0.5) is 5.69 Å². The molecule has 1 aromatic rings. The number of anilines is 1. The molecule has 3 unspecified atom stereocenters. The standard InChI is InChI=1S/C20H27N3O/c1-2-21-19(23-12-8-14-6-3-4-7-16(14)23)22-17-15-9-13-24-18(15)20(17)10-5-11-20/h3-4,6-7,15,17-18H,2,5,8-13H2,1H3,(H,21,22). The van der Waals surface area contributed by atoms with Gasteiger partial charge in [-0.05, 0) is 44.2 Å². The molecule has 4 aliphatic rings. The SMILES string of the molecule is CCN=C(NC1C2CCOC2C12CCC2)N1CCc2ccccc21. The third kappa shape index (κ3) is 1.92. The van der Waals surface area contributed by atoms with Crippen molar-refractivity contribution in [2.75, 3.05) is 24.6 Å². The highest BCUT2D eigenvalue weighted by Gasteiger charge is 2.66. The number of fused-ring (bicyclic) bond motifs is 3. The zero-order chi connectivity index (χ0) is 16.1. The first-order chi connectivity index (χ1) is 11.8. The Morgan fingerprint density at radius 2 is 2.25 bits per heavy atom. The zero-order valence-electron chi connectivity index (χ0n) is 14.5. The van der Waals surface area contributed by atoms with Crippen LogP contribution in [0, 0.1) is 11.3 Å². The van der Waals surface area contributed by atoms with Crippen LogP contribution >= 0.6 is 0 Å². The molecule has 1 aromatic carbocycles. The zero-order valence-corrected chi connectivity index (χ0v) is 14.5. The molecule has 3 atom stereocenters. The smallest absolute Gasteiger partial charge is 0.198 e. The number of nitrogens with one attached hydrogen (secondary N) is 1. The molecule has 0 aromatic heterocycles. The highest BCUT2D eigenvalue weighted by Crippen LogP contribution is 2.62. The predicted octanol–water partition coefficient (Wildman–Crippen LogP) is 2.97. The van der Waals surface area contributed by atoms with Gasteiger partial charge in [-0.3, -0.25) is 4.99 Å². The van der Waals surface area contributed by atoms with Crippen molar-refractivity contribution in [3.8, 4) is 0 Å². The monoisotopic (exact) mass is 325 g/mol. The Kier molecular flexibility index (Phi) is 3.37. The highest BCUT2D eigenvalue weighted by molar-refractivity contribution is 5.98. The molecular formula is C20H27N3O. The van der Waals surface area contributed by atoms with Crippen LogP contribution in [0.3, 0.4) is 0 Å². The topological polar surface area (TPSA) is 36.9 Å². The molecule has 2 saturated carbocycles. The van der Waals surface area contributed by atoms with Gasteiger partial charge in [-0.25, -0.2) is 0 Å². The summed E-state index contributed by atoms with van der Waals surface area (Å²) in [7, 11) is 0. The molecule has 1 saturated heterocycles. The average molecular weight is 325 g/mol. The average Bonchev–Trinajstić information content (AvgIpc) is 3.15. The van der Waals surface area contributed by atoms with Crippen molar-refractivity contribution in [3.63, 3.8) is 0 Å². The molecule has 128 valence electrons. The van der Waals surface area contributed by atoms with E-state index in [-0.39, 0.29) is 0 Å². The summed E-state index contributed by atoms with van der Waals surface area (Å²) in [6.07, 6.45) is 6.84. The summed E-state index contributed by atoms with van der Waals surface area (Å²) in [5, 5.41) is 3.90. The minimum absolute atomic E-state index is 0.398. The van der Waals surface area contributed by atoms with E-state index in [0.29, 0.717) is 23.5 Å². The maximum Gasteiger partial charge on any atom is 0.198 e. The fourth-order valence-corrected chi connectivity index (χ4v) is 5.51. The third-order valence-electron chi connectivity index (χ3n) is 6.77. The number of nitrogens with zero attached hydrogens (tertiary/aromatic N) is 2. The molecule has 1 spiro atoms. The maximum absolute atomic E-state index is 6.07. The maximum atomic E-state index is 6.07.